The van der Waals surface area contributed by atoms with E-state index in [1.165, 1.54) is 22.3 Å². The number of fused-ring (bicyclic) bond motifs is 2. The number of carbonyl (C=O) groups excluding carboxylic acids is 2. The van der Waals surface area contributed by atoms with Crippen molar-refractivity contribution in [1.29, 1.82) is 0 Å². The minimum Gasteiger partial charge on any atom is -0.463 e. The summed E-state index contributed by atoms with van der Waals surface area (Å²) in [6.07, 6.45) is 0.663. The van der Waals surface area contributed by atoms with Crippen LogP contribution in [0.25, 0.3) is 0 Å². The molecular formula is C28H36N4O4S. The number of piperazine rings is 1. The zero-order valence-corrected chi connectivity index (χ0v) is 22.5. The fourth-order valence-electron chi connectivity index (χ4n) is 4.49. The van der Waals surface area contributed by atoms with Gasteiger partial charge in [0.15, 0.2) is 0 Å². The van der Waals surface area contributed by atoms with Gasteiger partial charge < -0.3 is 19.7 Å². The standard InChI is InChI=1S/C28H36N4O4S/c1-21(33)23(29-2)11-12-27(34)36-20-19-35-18-17-31-13-15-32(16-14-31)28-22-7-3-5-9-25(22)37-26-10-6-4-8-24(26)30-28/h3-10,23,29H,11-20H2,1-2H3. The summed E-state index contributed by atoms with van der Waals surface area (Å²) in [6.45, 7) is 7.26. The summed E-state index contributed by atoms with van der Waals surface area (Å²) >= 11 is 1.78. The number of carbonyl (C=O) groups is 2. The molecule has 0 aromatic heterocycles. The van der Waals surface area contributed by atoms with E-state index in [2.05, 4.69) is 57.6 Å². The van der Waals surface area contributed by atoms with Gasteiger partial charge in [-0.25, -0.2) is 4.99 Å². The number of ketones is 1. The van der Waals surface area contributed by atoms with Crippen molar-refractivity contribution in [2.24, 2.45) is 4.99 Å². The molecule has 0 radical (unpaired) electrons. The molecule has 2 aromatic carbocycles. The van der Waals surface area contributed by atoms with Crippen molar-refractivity contribution in [3.8, 4) is 0 Å². The first-order valence-corrected chi connectivity index (χ1v) is 13.7. The first-order valence-electron chi connectivity index (χ1n) is 12.9. The number of esters is 1. The highest BCUT2D eigenvalue weighted by atomic mass is 32.2. The molecule has 198 valence electrons. The van der Waals surface area contributed by atoms with Crippen molar-refractivity contribution in [3.05, 3.63) is 54.1 Å². The molecule has 8 nitrogen and oxygen atoms in total. The molecular weight excluding hydrogens is 488 g/mol. The molecule has 2 aliphatic rings. The maximum atomic E-state index is 11.9. The van der Waals surface area contributed by atoms with E-state index in [1.807, 2.05) is 6.07 Å². The van der Waals surface area contributed by atoms with Crippen LogP contribution in [0, 0.1) is 0 Å². The number of para-hydroxylation sites is 1. The molecule has 0 spiro atoms. The lowest BCUT2D eigenvalue weighted by molar-refractivity contribution is -0.145. The maximum Gasteiger partial charge on any atom is 0.305 e. The minimum absolute atomic E-state index is 0.0239. The molecule has 1 fully saturated rings. The van der Waals surface area contributed by atoms with Crippen LogP contribution >= 0.6 is 11.8 Å². The molecule has 1 atom stereocenters. The predicted octanol–water partition coefficient (Wildman–Crippen LogP) is 3.36. The number of likely N-dealkylation sites (N-methyl/N-ethyl adjacent to an activating group) is 1. The van der Waals surface area contributed by atoms with Gasteiger partial charge in [-0.05, 0) is 38.6 Å². The number of benzene rings is 2. The van der Waals surface area contributed by atoms with Crippen molar-refractivity contribution < 1.29 is 19.1 Å². The fraction of sp³-hybridized carbons (Fsp3) is 0.464. The van der Waals surface area contributed by atoms with Gasteiger partial charge >= 0.3 is 5.97 Å². The highest BCUT2D eigenvalue weighted by Crippen LogP contribution is 2.40. The van der Waals surface area contributed by atoms with Crippen molar-refractivity contribution in [1.82, 2.24) is 15.1 Å². The number of nitrogens with one attached hydrogen (secondary N) is 1. The van der Waals surface area contributed by atoms with E-state index in [9.17, 15) is 9.59 Å². The number of aliphatic imine (C=N–C) groups is 1. The highest BCUT2D eigenvalue weighted by Gasteiger charge is 2.25. The molecule has 1 unspecified atom stereocenters. The number of nitrogens with zero attached hydrogens (tertiary/aromatic N) is 3. The Bertz CT molecular complexity index is 1100. The van der Waals surface area contributed by atoms with E-state index in [-0.39, 0.29) is 30.8 Å². The van der Waals surface area contributed by atoms with Crippen molar-refractivity contribution in [2.45, 2.75) is 35.6 Å². The second kappa shape index (κ2) is 13.7. The van der Waals surface area contributed by atoms with Crippen LogP contribution in [0.1, 0.15) is 25.3 Å². The number of hydrogen-bond acceptors (Lipinski definition) is 9. The summed E-state index contributed by atoms with van der Waals surface area (Å²) in [4.78, 5) is 35.6. The van der Waals surface area contributed by atoms with E-state index >= 15 is 0 Å². The average molecular weight is 525 g/mol. The monoisotopic (exact) mass is 524 g/mol. The molecule has 0 saturated carbocycles. The van der Waals surface area contributed by atoms with Crippen LogP contribution in [0.15, 0.2) is 63.3 Å². The lowest BCUT2D eigenvalue weighted by Gasteiger charge is -2.36. The van der Waals surface area contributed by atoms with Gasteiger partial charge in [-0.3, -0.25) is 14.5 Å². The fourth-order valence-corrected chi connectivity index (χ4v) is 5.51. The van der Waals surface area contributed by atoms with Crippen LogP contribution in [0.4, 0.5) is 5.69 Å². The Hall–Kier alpha value is -2.72. The second-order valence-corrected chi connectivity index (χ2v) is 10.2. The van der Waals surface area contributed by atoms with E-state index in [1.54, 1.807) is 18.8 Å². The topological polar surface area (TPSA) is 83.5 Å². The molecule has 1 saturated heterocycles. The van der Waals surface area contributed by atoms with Gasteiger partial charge in [0, 0.05) is 54.5 Å². The predicted molar refractivity (Wildman–Crippen MR) is 146 cm³/mol. The zero-order chi connectivity index (χ0) is 26.0. The molecule has 2 aliphatic heterocycles. The molecule has 2 heterocycles. The highest BCUT2D eigenvalue weighted by molar-refractivity contribution is 7.99. The van der Waals surface area contributed by atoms with Gasteiger partial charge in [0.25, 0.3) is 0 Å². The number of Topliss-reactive ketones (excluding diaryl/α,β-unsaturated/α-hetero) is 1. The smallest absolute Gasteiger partial charge is 0.305 e. The Kier molecular flexibility index (Phi) is 10.1. The first-order chi connectivity index (χ1) is 18.0. The number of ether oxygens (including phenoxy) is 2. The van der Waals surface area contributed by atoms with E-state index in [0.29, 0.717) is 19.6 Å². The third kappa shape index (κ3) is 7.64. The zero-order valence-electron chi connectivity index (χ0n) is 21.7. The molecule has 0 amide bonds. The Morgan fingerprint density at radius 1 is 1.00 bits per heavy atom. The van der Waals surface area contributed by atoms with E-state index < -0.39 is 0 Å². The van der Waals surface area contributed by atoms with E-state index in [0.717, 1.165) is 44.2 Å². The number of amidine groups is 1. The SMILES string of the molecule is CNC(CCC(=O)OCCOCCN1CCN(C2=Nc3ccccc3Sc3ccccc32)CC1)C(C)=O. The van der Waals surface area contributed by atoms with Gasteiger partial charge in [0.05, 0.1) is 24.9 Å². The van der Waals surface area contributed by atoms with Crippen LogP contribution in [-0.2, 0) is 19.1 Å². The summed E-state index contributed by atoms with van der Waals surface area (Å²) < 4.78 is 10.9. The third-order valence-electron chi connectivity index (χ3n) is 6.63. The Morgan fingerprint density at radius 2 is 1.73 bits per heavy atom. The summed E-state index contributed by atoms with van der Waals surface area (Å²) in [5, 5.41) is 2.91. The van der Waals surface area contributed by atoms with Crippen molar-refractivity contribution in [3.63, 3.8) is 0 Å². The van der Waals surface area contributed by atoms with Crippen LogP contribution in [0.5, 0.6) is 0 Å². The van der Waals surface area contributed by atoms with Crippen LogP contribution < -0.4 is 5.32 Å². The normalized spacial score (nSPS) is 16.3. The minimum atomic E-state index is -0.302. The van der Waals surface area contributed by atoms with E-state index in [4.69, 9.17) is 14.5 Å². The molecule has 0 bridgehead atoms. The Labute approximate surface area is 223 Å². The third-order valence-corrected chi connectivity index (χ3v) is 7.77. The Morgan fingerprint density at radius 3 is 2.49 bits per heavy atom. The van der Waals surface area contributed by atoms with Gasteiger partial charge in [0.1, 0.15) is 18.2 Å². The van der Waals surface area contributed by atoms with Gasteiger partial charge in [-0.15, -0.1) is 0 Å². The summed E-state index contributed by atoms with van der Waals surface area (Å²) in [5.74, 6) is 0.774. The van der Waals surface area contributed by atoms with Crippen LogP contribution in [-0.4, -0.2) is 93.0 Å². The largest absolute Gasteiger partial charge is 0.463 e. The first kappa shape index (κ1) is 27.3. The van der Waals surface area contributed by atoms with Crippen molar-refractivity contribution >= 4 is 35.0 Å². The summed E-state index contributed by atoms with van der Waals surface area (Å²) in [5.41, 5.74) is 2.22. The molecule has 9 heteroatoms. The lowest BCUT2D eigenvalue weighted by atomic mass is 10.1. The number of rotatable bonds is 11. The lowest BCUT2D eigenvalue weighted by Crippen LogP contribution is -2.49. The second-order valence-electron chi connectivity index (χ2n) is 9.15. The van der Waals surface area contributed by atoms with Crippen molar-refractivity contribution in [2.75, 3.05) is 59.6 Å². The molecule has 2 aromatic rings. The van der Waals surface area contributed by atoms with Gasteiger partial charge in [-0.1, -0.05) is 42.1 Å². The molecule has 0 aliphatic carbocycles. The summed E-state index contributed by atoms with van der Waals surface area (Å²) in [7, 11) is 1.72. The van der Waals surface area contributed by atoms with Gasteiger partial charge in [-0.2, -0.15) is 0 Å². The number of hydrogen-bond donors (Lipinski definition) is 1. The Balaban J connectivity index is 1.18. The molecule has 1 N–H and O–H groups in total. The van der Waals surface area contributed by atoms with Gasteiger partial charge in [0.2, 0.25) is 0 Å². The maximum absolute atomic E-state index is 11.9. The molecule has 37 heavy (non-hydrogen) atoms. The quantitative estimate of drug-likeness (QED) is 0.354. The van der Waals surface area contributed by atoms with Crippen LogP contribution in [0.2, 0.25) is 0 Å². The molecule has 4 rings (SSSR count). The van der Waals surface area contributed by atoms with Crippen LogP contribution in [0.3, 0.4) is 0 Å². The summed E-state index contributed by atoms with van der Waals surface area (Å²) in [6, 6.07) is 16.5. The average Bonchev–Trinajstić information content (AvgIpc) is 3.08.